The second-order valence-electron chi connectivity index (χ2n) is 2.93. The Kier molecular flexibility index (Phi) is 3.52. The molecule has 10 heavy (non-hydrogen) atoms. The van der Waals surface area contributed by atoms with Crippen molar-refractivity contribution in [1.82, 2.24) is 5.32 Å². The second-order valence-corrected chi connectivity index (χ2v) is 2.93. The highest BCUT2D eigenvalue weighted by Crippen LogP contribution is 2.09. The summed E-state index contributed by atoms with van der Waals surface area (Å²) in [6.45, 7) is 4.56. The number of hydrogen-bond donors (Lipinski definition) is 1. The van der Waals surface area contributed by atoms with Gasteiger partial charge in [-0.15, -0.1) is 0 Å². The minimum absolute atomic E-state index is 1.14. The maximum Gasteiger partial charge on any atom is 0.0164 e. The van der Waals surface area contributed by atoms with Crippen molar-refractivity contribution in [2.24, 2.45) is 0 Å². The standard InChI is InChI=1S/C9H17N/c1-2-3-5-9-6-4-7-10-8-9/h6,10H,2-5,7-8H2,1H3. The number of hydrogen-bond acceptors (Lipinski definition) is 1. The normalized spacial score (nSPS) is 18.7. The summed E-state index contributed by atoms with van der Waals surface area (Å²) in [5.41, 5.74) is 1.62. The predicted molar refractivity (Wildman–Crippen MR) is 45.1 cm³/mol. The Labute approximate surface area is 63.5 Å². The SMILES string of the molecule is CCCCC1=CCCNC1. The highest BCUT2D eigenvalue weighted by molar-refractivity contribution is 5.06. The van der Waals surface area contributed by atoms with Crippen LogP contribution in [0, 0.1) is 0 Å². The summed E-state index contributed by atoms with van der Waals surface area (Å²) in [6, 6.07) is 0. The fourth-order valence-electron chi connectivity index (χ4n) is 1.29. The summed E-state index contributed by atoms with van der Waals surface area (Å²) in [4.78, 5) is 0. The summed E-state index contributed by atoms with van der Waals surface area (Å²) < 4.78 is 0. The van der Waals surface area contributed by atoms with E-state index in [1.807, 2.05) is 0 Å². The Morgan fingerprint density at radius 2 is 2.50 bits per heavy atom. The lowest BCUT2D eigenvalue weighted by Crippen LogP contribution is -2.22. The van der Waals surface area contributed by atoms with Gasteiger partial charge in [-0.3, -0.25) is 0 Å². The van der Waals surface area contributed by atoms with Gasteiger partial charge in [0.2, 0.25) is 0 Å². The molecule has 1 heterocycles. The lowest BCUT2D eigenvalue weighted by atomic mass is 10.1. The first-order valence-electron chi connectivity index (χ1n) is 4.32. The molecule has 0 saturated heterocycles. The maximum absolute atomic E-state index is 3.38. The molecule has 1 N–H and O–H groups in total. The molecule has 1 aliphatic heterocycles. The molecule has 0 unspecified atom stereocenters. The van der Waals surface area contributed by atoms with Crippen molar-refractivity contribution in [2.75, 3.05) is 13.1 Å². The molecule has 0 aliphatic carbocycles. The summed E-state index contributed by atoms with van der Waals surface area (Å²) >= 11 is 0. The molecule has 0 aromatic heterocycles. The first kappa shape index (κ1) is 7.80. The molecule has 0 spiro atoms. The van der Waals surface area contributed by atoms with Gasteiger partial charge < -0.3 is 5.32 Å². The fraction of sp³-hybridized carbons (Fsp3) is 0.778. The molecule has 58 valence electrons. The average molecular weight is 139 g/mol. The summed E-state index contributed by atoms with van der Waals surface area (Å²) in [5.74, 6) is 0. The van der Waals surface area contributed by atoms with Crippen LogP contribution < -0.4 is 5.32 Å². The first-order chi connectivity index (χ1) is 4.93. The van der Waals surface area contributed by atoms with E-state index in [0.29, 0.717) is 0 Å². The highest BCUT2D eigenvalue weighted by Gasteiger charge is 2.00. The number of rotatable bonds is 3. The van der Waals surface area contributed by atoms with Crippen molar-refractivity contribution in [2.45, 2.75) is 32.6 Å². The Morgan fingerprint density at radius 3 is 3.10 bits per heavy atom. The maximum atomic E-state index is 3.38. The van der Waals surface area contributed by atoms with Gasteiger partial charge >= 0.3 is 0 Å². The third-order valence-electron chi connectivity index (χ3n) is 1.96. The molecular weight excluding hydrogens is 122 g/mol. The monoisotopic (exact) mass is 139 g/mol. The van der Waals surface area contributed by atoms with Gasteiger partial charge in [0.15, 0.2) is 0 Å². The lowest BCUT2D eigenvalue weighted by Gasteiger charge is -2.13. The molecule has 0 amide bonds. The van der Waals surface area contributed by atoms with Crippen molar-refractivity contribution in [1.29, 1.82) is 0 Å². The molecule has 1 rings (SSSR count). The van der Waals surface area contributed by atoms with E-state index in [4.69, 9.17) is 0 Å². The average Bonchev–Trinajstić information content (AvgIpc) is 2.03. The van der Waals surface area contributed by atoms with Crippen LogP contribution in [0.25, 0.3) is 0 Å². The quantitative estimate of drug-likeness (QED) is 0.590. The van der Waals surface area contributed by atoms with Gasteiger partial charge in [-0.05, 0) is 25.8 Å². The highest BCUT2D eigenvalue weighted by atomic mass is 14.9. The zero-order valence-corrected chi connectivity index (χ0v) is 6.82. The van der Waals surface area contributed by atoms with E-state index in [2.05, 4.69) is 18.3 Å². The third kappa shape index (κ3) is 2.53. The molecule has 0 radical (unpaired) electrons. The number of unbranched alkanes of at least 4 members (excludes halogenated alkanes) is 1. The second kappa shape index (κ2) is 4.51. The van der Waals surface area contributed by atoms with Crippen LogP contribution in [0.3, 0.4) is 0 Å². The molecule has 0 aromatic rings. The van der Waals surface area contributed by atoms with Crippen molar-refractivity contribution >= 4 is 0 Å². The van der Waals surface area contributed by atoms with E-state index < -0.39 is 0 Å². The molecule has 0 saturated carbocycles. The van der Waals surface area contributed by atoms with Crippen LogP contribution in [-0.4, -0.2) is 13.1 Å². The van der Waals surface area contributed by atoms with Gasteiger partial charge in [0.05, 0.1) is 0 Å². The lowest BCUT2D eigenvalue weighted by molar-refractivity contribution is 0.659. The van der Waals surface area contributed by atoms with Gasteiger partial charge in [-0.2, -0.15) is 0 Å². The van der Waals surface area contributed by atoms with Gasteiger partial charge in [-0.25, -0.2) is 0 Å². The minimum atomic E-state index is 1.14. The molecule has 0 bridgehead atoms. The Balaban J connectivity index is 2.18. The zero-order valence-electron chi connectivity index (χ0n) is 6.82. The van der Waals surface area contributed by atoms with Crippen molar-refractivity contribution in [3.8, 4) is 0 Å². The summed E-state index contributed by atoms with van der Waals surface area (Å²) in [5, 5.41) is 3.38. The summed E-state index contributed by atoms with van der Waals surface area (Å²) in [6.07, 6.45) is 7.61. The molecular formula is C9H17N. The predicted octanol–water partition coefficient (Wildman–Crippen LogP) is 2.10. The fourth-order valence-corrected chi connectivity index (χ4v) is 1.29. The molecule has 1 heteroatoms. The van der Waals surface area contributed by atoms with E-state index in [0.717, 1.165) is 6.54 Å². The van der Waals surface area contributed by atoms with Crippen LogP contribution in [0.15, 0.2) is 11.6 Å². The topological polar surface area (TPSA) is 12.0 Å². The van der Waals surface area contributed by atoms with Gasteiger partial charge in [0.1, 0.15) is 0 Å². The molecule has 1 aliphatic rings. The van der Waals surface area contributed by atoms with Crippen LogP contribution in [0.5, 0.6) is 0 Å². The largest absolute Gasteiger partial charge is 0.313 e. The number of nitrogens with one attached hydrogen (secondary N) is 1. The van der Waals surface area contributed by atoms with Crippen LogP contribution in [0.4, 0.5) is 0 Å². The van der Waals surface area contributed by atoms with E-state index in [1.54, 1.807) is 5.57 Å². The van der Waals surface area contributed by atoms with Crippen LogP contribution in [0.1, 0.15) is 32.6 Å². The van der Waals surface area contributed by atoms with Crippen LogP contribution >= 0.6 is 0 Å². The Hall–Kier alpha value is -0.300. The van der Waals surface area contributed by atoms with E-state index in [-0.39, 0.29) is 0 Å². The van der Waals surface area contributed by atoms with E-state index in [1.165, 1.54) is 32.2 Å². The van der Waals surface area contributed by atoms with Crippen LogP contribution in [0.2, 0.25) is 0 Å². The molecule has 0 aromatic carbocycles. The Morgan fingerprint density at radius 1 is 1.60 bits per heavy atom. The minimum Gasteiger partial charge on any atom is -0.313 e. The third-order valence-corrected chi connectivity index (χ3v) is 1.96. The van der Waals surface area contributed by atoms with E-state index in [9.17, 15) is 0 Å². The molecule has 1 nitrogen and oxygen atoms in total. The van der Waals surface area contributed by atoms with Gasteiger partial charge in [0, 0.05) is 6.54 Å². The molecule has 0 atom stereocenters. The van der Waals surface area contributed by atoms with Crippen molar-refractivity contribution in [3.63, 3.8) is 0 Å². The van der Waals surface area contributed by atoms with E-state index >= 15 is 0 Å². The first-order valence-corrected chi connectivity index (χ1v) is 4.32. The smallest absolute Gasteiger partial charge is 0.0164 e. The zero-order chi connectivity index (χ0) is 7.23. The summed E-state index contributed by atoms with van der Waals surface area (Å²) in [7, 11) is 0. The van der Waals surface area contributed by atoms with Gasteiger partial charge in [0.25, 0.3) is 0 Å². The van der Waals surface area contributed by atoms with Gasteiger partial charge in [-0.1, -0.05) is 25.0 Å². The van der Waals surface area contributed by atoms with Crippen molar-refractivity contribution < 1.29 is 0 Å². The molecule has 0 fully saturated rings. The Bertz CT molecular complexity index is 116. The van der Waals surface area contributed by atoms with Crippen molar-refractivity contribution in [3.05, 3.63) is 11.6 Å². The van der Waals surface area contributed by atoms with Crippen LogP contribution in [-0.2, 0) is 0 Å².